The smallest absolute Gasteiger partial charge is 0.0655 e. The number of hydrogen-bond donors (Lipinski definition) is 1. The summed E-state index contributed by atoms with van der Waals surface area (Å²) in [4.78, 5) is 0. The molecule has 1 fully saturated rings. The normalized spacial score (nSPS) is 25.3. The van der Waals surface area contributed by atoms with Crippen LogP contribution in [-0.2, 0) is 0 Å². The maximum atomic E-state index is 8.91. The van der Waals surface area contributed by atoms with Gasteiger partial charge >= 0.3 is 0 Å². The zero-order valence-electron chi connectivity index (χ0n) is 11.1. The monoisotopic (exact) mass is 242 g/mol. The minimum Gasteiger partial charge on any atom is -0.307 e. The molecular weight excluding hydrogens is 220 g/mol. The highest BCUT2D eigenvalue weighted by Crippen LogP contribution is 2.26. The van der Waals surface area contributed by atoms with Gasteiger partial charge in [-0.15, -0.1) is 0 Å². The number of benzene rings is 1. The Morgan fingerprint density at radius 2 is 1.89 bits per heavy atom. The first-order valence-electron chi connectivity index (χ1n) is 7.04. The van der Waals surface area contributed by atoms with Crippen LogP contribution in [0.2, 0.25) is 0 Å². The molecule has 1 aliphatic carbocycles. The molecular formula is C16H22N2. The van der Waals surface area contributed by atoms with Gasteiger partial charge in [0.1, 0.15) is 0 Å². The first-order chi connectivity index (χ1) is 8.83. The molecule has 18 heavy (non-hydrogen) atoms. The Morgan fingerprint density at radius 3 is 2.44 bits per heavy atom. The predicted molar refractivity (Wildman–Crippen MR) is 74.0 cm³/mol. The van der Waals surface area contributed by atoms with Crippen molar-refractivity contribution < 1.29 is 0 Å². The van der Waals surface area contributed by atoms with Crippen molar-refractivity contribution in [2.45, 2.75) is 51.1 Å². The highest BCUT2D eigenvalue weighted by molar-refractivity contribution is 5.18. The molecule has 1 unspecified atom stereocenters. The lowest BCUT2D eigenvalue weighted by Gasteiger charge is -2.30. The van der Waals surface area contributed by atoms with Gasteiger partial charge in [-0.3, -0.25) is 0 Å². The van der Waals surface area contributed by atoms with Gasteiger partial charge in [0.15, 0.2) is 0 Å². The van der Waals surface area contributed by atoms with Crippen molar-refractivity contribution in [1.29, 1.82) is 5.26 Å². The Kier molecular flexibility index (Phi) is 4.78. The molecule has 2 nitrogen and oxygen atoms in total. The number of nitriles is 1. The Labute approximate surface area is 110 Å². The third-order valence-corrected chi connectivity index (χ3v) is 3.96. The van der Waals surface area contributed by atoms with E-state index in [1.165, 1.54) is 5.56 Å². The van der Waals surface area contributed by atoms with Crippen molar-refractivity contribution in [3.63, 3.8) is 0 Å². The SMILES string of the molecule is CCC(NC1CCC(C#N)CC1)c1ccccc1. The molecule has 0 aliphatic heterocycles. The van der Waals surface area contributed by atoms with Gasteiger partial charge < -0.3 is 5.32 Å². The van der Waals surface area contributed by atoms with Gasteiger partial charge in [0, 0.05) is 18.0 Å². The van der Waals surface area contributed by atoms with Gasteiger partial charge in [-0.2, -0.15) is 5.26 Å². The van der Waals surface area contributed by atoms with Gasteiger partial charge in [0.25, 0.3) is 0 Å². The highest BCUT2D eigenvalue weighted by atomic mass is 14.9. The van der Waals surface area contributed by atoms with E-state index in [1.807, 2.05) is 0 Å². The Hall–Kier alpha value is -1.33. The fourth-order valence-corrected chi connectivity index (χ4v) is 2.81. The second-order valence-electron chi connectivity index (χ2n) is 5.22. The van der Waals surface area contributed by atoms with Crippen LogP contribution in [0.4, 0.5) is 0 Å². The lowest BCUT2D eigenvalue weighted by molar-refractivity contribution is 0.304. The number of rotatable bonds is 4. The highest BCUT2D eigenvalue weighted by Gasteiger charge is 2.22. The average Bonchev–Trinajstić information content (AvgIpc) is 2.46. The lowest BCUT2D eigenvalue weighted by atomic mass is 9.86. The third-order valence-electron chi connectivity index (χ3n) is 3.96. The fraction of sp³-hybridized carbons (Fsp3) is 0.562. The molecule has 0 amide bonds. The summed E-state index contributed by atoms with van der Waals surface area (Å²) in [6, 6.07) is 14.1. The zero-order chi connectivity index (χ0) is 12.8. The molecule has 1 atom stereocenters. The minimum absolute atomic E-state index is 0.292. The summed E-state index contributed by atoms with van der Waals surface area (Å²) in [6.07, 6.45) is 5.50. The van der Waals surface area contributed by atoms with Gasteiger partial charge in [0.2, 0.25) is 0 Å². The van der Waals surface area contributed by atoms with Crippen molar-refractivity contribution in [3.05, 3.63) is 35.9 Å². The number of nitrogens with zero attached hydrogens (tertiary/aromatic N) is 1. The molecule has 96 valence electrons. The van der Waals surface area contributed by atoms with Crippen LogP contribution in [-0.4, -0.2) is 6.04 Å². The van der Waals surface area contributed by atoms with Crippen LogP contribution in [0.3, 0.4) is 0 Å². The molecule has 1 aromatic rings. The van der Waals surface area contributed by atoms with Crippen LogP contribution >= 0.6 is 0 Å². The average molecular weight is 242 g/mol. The van der Waals surface area contributed by atoms with Crippen molar-refractivity contribution in [2.75, 3.05) is 0 Å². The second kappa shape index (κ2) is 6.56. The largest absolute Gasteiger partial charge is 0.307 e. The zero-order valence-corrected chi connectivity index (χ0v) is 11.1. The summed E-state index contributed by atoms with van der Waals surface area (Å²) in [6.45, 7) is 2.23. The molecule has 1 saturated carbocycles. The van der Waals surface area contributed by atoms with Crippen molar-refractivity contribution >= 4 is 0 Å². The first-order valence-corrected chi connectivity index (χ1v) is 7.04. The maximum Gasteiger partial charge on any atom is 0.0655 e. The molecule has 2 heteroatoms. The Balaban J connectivity index is 1.90. The molecule has 0 bridgehead atoms. The first kappa shape index (κ1) is 13.1. The number of hydrogen-bond acceptors (Lipinski definition) is 2. The van der Waals surface area contributed by atoms with E-state index < -0.39 is 0 Å². The van der Waals surface area contributed by atoms with Crippen LogP contribution in [0, 0.1) is 17.2 Å². The van der Waals surface area contributed by atoms with Crippen molar-refractivity contribution in [3.8, 4) is 6.07 Å². The van der Waals surface area contributed by atoms with E-state index in [1.54, 1.807) is 0 Å². The maximum absolute atomic E-state index is 8.91. The van der Waals surface area contributed by atoms with Crippen LogP contribution in [0.25, 0.3) is 0 Å². The molecule has 1 aliphatic rings. The van der Waals surface area contributed by atoms with E-state index >= 15 is 0 Å². The van der Waals surface area contributed by atoms with Gasteiger partial charge in [-0.05, 0) is 37.7 Å². The number of nitrogens with one attached hydrogen (secondary N) is 1. The Morgan fingerprint density at radius 1 is 1.22 bits per heavy atom. The van der Waals surface area contributed by atoms with Gasteiger partial charge in [-0.25, -0.2) is 0 Å². The summed E-state index contributed by atoms with van der Waals surface area (Å²) in [5.74, 6) is 0.292. The predicted octanol–water partition coefficient (Wildman–Crippen LogP) is 3.81. The van der Waals surface area contributed by atoms with Crippen molar-refractivity contribution in [1.82, 2.24) is 5.32 Å². The summed E-state index contributed by atoms with van der Waals surface area (Å²) in [5.41, 5.74) is 1.38. The summed E-state index contributed by atoms with van der Waals surface area (Å²) < 4.78 is 0. The summed E-state index contributed by atoms with van der Waals surface area (Å²) >= 11 is 0. The molecule has 0 aromatic heterocycles. The van der Waals surface area contributed by atoms with Crippen LogP contribution in [0.1, 0.15) is 50.6 Å². The van der Waals surface area contributed by atoms with E-state index in [9.17, 15) is 0 Å². The van der Waals surface area contributed by atoms with Crippen LogP contribution < -0.4 is 5.32 Å². The van der Waals surface area contributed by atoms with E-state index in [4.69, 9.17) is 5.26 Å². The molecule has 0 saturated heterocycles. The molecule has 0 heterocycles. The minimum atomic E-state index is 0.292. The molecule has 0 radical (unpaired) electrons. The molecule has 2 rings (SSSR count). The lowest BCUT2D eigenvalue weighted by Crippen LogP contribution is -2.35. The van der Waals surface area contributed by atoms with Crippen molar-refractivity contribution in [2.24, 2.45) is 5.92 Å². The van der Waals surface area contributed by atoms with E-state index in [0.717, 1.165) is 32.1 Å². The quantitative estimate of drug-likeness (QED) is 0.871. The summed E-state index contributed by atoms with van der Waals surface area (Å²) in [5, 5.41) is 12.7. The van der Waals surface area contributed by atoms with E-state index in [0.29, 0.717) is 18.0 Å². The second-order valence-corrected chi connectivity index (χ2v) is 5.22. The molecule has 1 N–H and O–H groups in total. The Bertz CT molecular complexity index is 385. The van der Waals surface area contributed by atoms with Gasteiger partial charge in [0.05, 0.1) is 6.07 Å². The molecule has 1 aromatic carbocycles. The standard InChI is InChI=1S/C16H22N2/c1-2-16(14-6-4-3-5-7-14)18-15-10-8-13(12-17)9-11-15/h3-7,13,15-16,18H,2,8-11H2,1H3. The molecule has 0 spiro atoms. The summed E-state index contributed by atoms with van der Waals surface area (Å²) in [7, 11) is 0. The third kappa shape index (κ3) is 3.34. The van der Waals surface area contributed by atoms with Gasteiger partial charge in [-0.1, -0.05) is 37.3 Å². The van der Waals surface area contributed by atoms with Crippen LogP contribution in [0.5, 0.6) is 0 Å². The fourth-order valence-electron chi connectivity index (χ4n) is 2.81. The van der Waals surface area contributed by atoms with Crippen LogP contribution in [0.15, 0.2) is 30.3 Å². The topological polar surface area (TPSA) is 35.8 Å². The van der Waals surface area contributed by atoms with E-state index in [2.05, 4.69) is 48.6 Å². The van der Waals surface area contributed by atoms with E-state index in [-0.39, 0.29) is 0 Å².